The summed E-state index contributed by atoms with van der Waals surface area (Å²) in [6.07, 6.45) is 1.62. The molecule has 0 aliphatic heterocycles. The first kappa shape index (κ1) is 12.9. The van der Waals surface area contributed by atoms with Gasteiger partial charge in [-0.2, -0.15) is 0 Å². The van der Waals surface area contributed by atoms with E-state index in [0.717, 1.165) is 0 Å². The molecule has 4 nitrogen and oxygen atoms in total. The zero-order valence-corrected chi connectivity index (χ0v) is 12.4. The van der Waals surface area contributed by atoms with Gasteiger partial charge in [0.15, 0.2) is 0 Å². The van der Waals surface area contributed by atoms with E-state index in [1.165, 1.54) is 0 Å². The summed E-state index contributed by atoms with van der Waals surface area (Å²) < 4.78 is 10.8. The molecule has 0 bridgehead atoms. The third kappa shape index (κ3) is 3.78. The Labute approximate surface area is 99.1 Å². The Morgan fingerprint density at radius 1 is 1.25 bits per heavy atom. The van der Waals surface area contributed by atoms with Crippen molar-refractivity contribution in [3.63, 3.8) is 0 Å². The first-order valence-electron chi connectivity index (χ1n) is 5.33. The molecule has 0 spiro atoms. The summed E-state index contributed by atoms with van der Waals surface area (Å²) >= 11 is 0. The molecule has 0 radical (unpaired) electrons. The van der Waals surface area contributed by atoms with Gasteiger partial charge >= 0.3 is 5.97 Å². The minimum atomic E-state index is -1.38. The highest BCUT2D eigenvalue weighted by molar-refractivity contribution is 6.51. The molecule has 0 aliphatic rings. The summed E-state index contributed by atoms with van der Waals surface area (Å²) in [5.41, 5.74) is 0.435. The lowest BCUT2D eigenvalue weighted by atomic mass is 10.3. The molecule has 16 heavy (non-hydrogen) atoms. The van der Waals surface area contributed by atoms with Crippen LogP contribution in [0.2, 0.25) is 26.2 Å². The first-order chi connectivity index (χ1) is 7.50. The summed E-state index contributed by atoms with van der Waals surface area (Å²) in [5, 5.41) is 0. The van der Waals surface area contributed by atoms with Crippen LogP contribution < -0.4 is 4.43 Å². The van der Waals surface area contributed by atoms with E-state index >= 15 is 0 Å². The largest absolute Gasteiger partial charge is 0.533 e. The van der Waals surface area contributed by atoms with Crippen molar-refractivity contribution in [1.29, 1.82) is 0 Å². The maximum Gasteiger partial charge on any atom is 0.330 e. The van der Waals surface area contributed by atoms with Gasteiger partial charge in [0.2, 0.25) is 24.0 Å². The lowest BCUT2D eigenvalue weighted by Crippen LogP contribution is -2.19. The van der Waals surface area contributed by atoms with Crippen molar-refractivity contribution in [1.82, 2.24) is 4.98 Å². The molecule has 6 heteroatoms. The van der Waals surface area contributed by atoms with Crippen molar-refractivity contribution >= 4 is 24.0 Å². The summed E-state index contributed by atoms with van der Waals surface area (Å²) in [7, 11) is -2.64. The molecular weight excluding hydrogens is 238 g/mol. The van der Waals surface area contributed by atoms with Crippen molar-refractivity contribution < 1.29 is 13.6 Å². The van der Waals surface area contributed by atoms with Gasteiger partial charge in [-0.25, -0.2) is 9.78 Å². The average molecular weight is 255 g/mol. The molecule has 0 saturated heterocycles. The number of pyridine rings is 1. The maximum absolute atomic E-state index is 11.8. The quantitative estimate of drug-likeness (QED) is 0.767. The van der Waals surface area contributed by atoms with Gasteiger partial charge in [0, 0.05) is 6.20 Å². The highest BCUT2D eigenvalue weighted by Gasteiger charge is 2.16. The summed E-state index contributed by atoms with van der Waals surface area (Å²) in [6.45, 7) is 7.96. The van der Waals surface area contributed by atoms with E-state index in [2.05, 4.69) is 4.98 Å². The molecule has 0 N–H and O–H groups in total. The molecule has 0 atom stereocenters. The highest BCUT2D eigenvalue weighted by Crippen LogP contribution is 2.16. The van der Waals surface area contributed by atoms with Crippen LogP contribution in [0.3, 0.4) is 0 Å². The van der Waals surface area contributed by atoms with Crippen LogP contribution in [0.1, 0.15) is 10.4 Å². The Morgan fingerprint density at radius 2 is 1.94 bits per heavy atom. The fraction of sp³-hybridized carbons (Fsp3) is 0.400. The van der Waals surface area contributed by atoms with Crippen LogP contribution in [0.25, 0.3) is 0 Å². The molecule has 0 saturated carbocycles. The lowest BCUT2D eigenvalue weighted by Gasteiger charge is -2.13. The molecule has 1 rings (SSSR count). The Kier molecular flexibility index (Phi) is 4.69. The monoisotopic (exact) mass is 255 g/mol. The standard InChI is InChI=1S/C10H17NO3Si2/c1-15(2)13-9-8(6-5-7-11-9)10(12)14-16(3)4/h5-7,15-16H,1-4H3. The van der Waals surface area contributed by atoms with Crippen LogP contribution in [-0.2, 0) is 4.43 Å². The Bertz CT molecular complexity index is 369. The van der Waals surface area contributed by atoms with E-state index in [1.807, 2.05) is 26.2 Å². The molecule has 0 aliphatic carbocycles. The summed E-state index contributed by atoms with van der Waals surface area (Å²) in [4.78, 5) is 15.8. The van der Waals surface area contributed by atoms with Gasteiger partial charge in [0.25, 0.3) is 0 Å². The minimum Gasteiger partial charge on any atom is -0.533 e. The van der Waals surface area contributed by atoms with Crippen molar-refractivity contribution in [3.05, 3.63) is 23.9 Å². The van der Waals surface area contributed by atoms with Crippen LogP contribution in [0.5, 0.6) is 5.88 Å². The summed E-state index contributed by atoms with van der Waals surface area (Å²) in [5.74, 6) is 0.0863. The number of carbonyl (C=O) groups is 1. The minimum absolute atomic E-state index is 0.320. The fourth-order valence-electron chi connectivity index (χ4n) is 1.14. The zero-order valence-electron chi connectivity index (χ0n) is 10.1. The van der Waals surface area contributed by atoms with Gasteiger partial charge in [-0.05, 0) is 38.3 Å². The Morgan fingerprint density at radius 3 is 2.50 bits per heavy atom. The summed E-state index contributed by atoms with van der Waals surface area (Å²) in [6, 6.07) is 3.41. The van der Waals surface area contributed by atoms with Crippen molar-refractivity contribution in [2.24, 2.45) is 0 Å². The molecule has 1 aromatic rings. The molecular formula is C10H17NO3Si2. The van der Waals surface area contributed by atoms with Crippen molar-refractivity contribution in [2.75, 3.05) is 0 Å². The second-order valence-corrected chi connectivity index (χ2v) is 8.64. The predicted molar refractivity (Wildman–Crippen MR) is 68.0 cm³/mol. The third-order valence-electron chi connectivity index (χ3n) is 1.68. The van der Waals surface area contributed by atoms with Gasteiger partial charge in [-0.3, -0.25) is 0 Å². The predicted octanol–water partition coefficient (Wildman–Crippen LogP) is 1.58. The van der Waals surface area contributed by atoms with E-state index in [9.17, 15) is 4.79 Å². The molecule has 88 valence electrons. The second-order valence-electron chi connectivity index (χ2n) is 3.98. The van der Waals surface area contributed by atoms with E-state index < -0.39 is 18.1 Å². The van der Waals surface area contributed by atoms with Crippen LogP contribution in [0.15, 0.2) is 18.3 Å². The zero-order chi connectivity index (χ0) is 12.1. The fourth-order valence-corrected chi connectivity index (χ4v) is 2.33. The number of hydrogen-bond donors (Lipinski definition) is 0. The molecule has 1 aromatic heterocycles. The highest BCUT2D eigenvalue weighted by atomic mass is 28.3. The second kappa shape index (κ2) is 5.81. The SMILES string of the molecule is C[SiH](C)OC(=O)c1cccnc1O[SiH](C)C. The smallest absolute Gasteiger partial charge is 0.330 e. The molecule has 0 aromatic carbocycles. The van der Waals surface area contributed by atoms with Crippen LogP contribution in [0.4, 0.5) is 0 Å². The first-order valence-corrected chi connectivity index (χ1v) is 10.9. The van der Waals surface area contributed by atoms with Crippen LogP contribution in [0, 0.1) is 0 Å². The van der Waals surface area contributed by atoms with Gasteiger partial charge in [-0.1, -0.05) is 0 Å². The van der Waals surface area contributed by atoms with E-state index in [0.29, 0.717) is 11.4 Å². The van der Waals surface area contributed by atoms with Gasteiger partial charge in [0.05, 0.1) is 0 Å². The van der Waals surface area contributed by atoms with Gasteiger partial charge < -0.3 is 8.85 Å². The Hall–Kier alpha value is -1.15. The van der Waals surface area contributed by atoms with Crippen LogP contribution >= 0.6 is 0 Å². The number of rotatable bonds is 4. The molecule has 0 fully saturated rings. The van der Waals surface area contributed by atoms with E-state index in [1.54, 1.807) is 18.3 Å². The topological polar surface area (TPSA) is 48.4 Å². The number of nitrogens with zero attached hydrogens (tertiary/aromatic N) is 1. The van der Waals surface area contributed by atoms with E-state index in [4.69, 9.17) is 8.85 Å². The molecule has 0 amide bonds. The van der Waals surface area contributed by atoms with Crippen molar-refractivity contribution in [3.8, 4) is 5.88 Å². The number of hydrogen-bond acceptors (Lipinski definition) is 4. The molecule has 0 unspecified atom stereocenters. The van der Waals surface area contributed by atoms with Crippen LogP contribution in [-0.4, -0.2) is 29.0 Å². The third-order valence-corrected chi connectivity index (χ3v) is 3.06. The normalized spacial score (nSPS) is 10.6. The lowest BCUT2D eigenvalue weighted by molar-refractivity contribution is 0.0732. The van der Waals surface area contributed by atoms with Gasteiger partial charge in [-0.15, -0.1) is 0 Å². The maximum atomic E-state index is 11.8. The van der Waals surface area contributed by atoms with Gasteiger partial charge in [0.1, 0.15) is 5.56 Å². The number of aromatic nitrogens is 1. The number of carbonyl (C=O) groups excluding carboxylic acids is 1. The average Bonchev–Trinajstić information content (AvgIpc) is 2.16. The molecule has 1 heterocycles. The van der Waals surface area contributed by atoms with E-state index in [-0.39, 0.29) is 5.97 Å². The van der Waals surface area contributed by atoms with Crippen molar-refractivity contribution in [2.45, 2.75) is 26.2 Å². The Balaban J connectivity index is 2.89.